The van der Waals surface area contributed by atoms with Crippen LogP contribution in [0.4, 0.5) is 0 Å². The minimum absolute atomic E-state index is 0.603. The lowest BCUT2D eigenvalue weighted by Crippen LogP contribution is -2.47. The molecule has 1 saturated heterocycles. The van der Waals surface area contributed by atoms with Crippen LogP contribution in [0.5, 0.6) is 0 Å². The Balaban J connectivity index is 1.38. The van der Waals surface area contributed by atoms with Gasteiger partial charge in [-0.2, -0.15) is 0 Å². The fourth-order valence-corrected chi connectivity index (χ4v) is 5.38. The third-order valence-corrected chi connectivity index (χ3v) is 7.39. The molecular formula is C26H36N2. The van der Waals surface area contributed by atoms with Gasteiger partial charge in [0.15, 0.2) is 0 Å². The summed E-state index contributed by atoms with van der Waals surface area (Å²) in [5.41, 5.74) is 10.5. The predicted molar refractivity (Wildman–Crippen MR) is 120 cm³/mol. The summed E-state index contributed by atoms with van der Waals surface area (Å²) in [6.45, 7) is 17.1. The third kappa shape index (κ3) is 3.72. The number of hydrogen-bond acceptors (Lipinski definition) is 2. The van der Waals surface area contributed by atoms with E-state index in [1.54, 1.807) is 22.3 Å². The molecule has 3 aliphatic rings. The van der Waals surface area contributed by atoms with Crippen molar-refractivity contribution in [2.75, 3.05) is 19.6 Å². The van der Waals surface area contributed by atoms with Crippen LogP contribution in [-0.2, 0) is 0 Å². The zero-order chi connectivity index (χ0) is 19.8. The van der Waals surface area contributed by atoms with Gasteiger partial charge in [-0.25, -0.2) is 0 Å². The van der Waals surface area contributed by atoms with Gasteiger partial charge in [-0.1, -0.05) is 42.0 Å². The first kappa shape index (κ1) is 19.5. The van der Waals surface area contributed by atoms with Gasteiger partial charge in [0, 0.05) is 37.4 Å². The van der Waals surface area contributed by atoms with E-state index in [0.717, 1.165) is 6.54 Å². The van der Waals surface area contributed by atoms with Crippen molar-refractivity contribution in [3.8, 4) is 0 Å². The standard InChI is InChI=1S/C26H36N2/c1-6-28(20(4)22-9-7-18(2)8-10-22)24-13-15-27(16-14-24)21(5)25-12-11-23-17-26(23)19(25)3/h7-10,21,24H,4,6,11-17H2,1-3,5H3. The normalized spacial score (nSPS) is 21.6. The maximum atomic E-state index is 4.45. The van der Waals surface area contributed by atoms with Crippen molar-refractivity contribution in [2.45, 2.75) is 71.9 Å². The summed E-state index contributed by atoms with van der Waals surface area (Å²) < 4.78 is 0. The van der Waals surface area contributed by atoms with Crippen molar-refractivity contribution in [1.29, 1.82) is 0 Å². The molecule has 2 nitrogen and oxygen atoms in total. The molecule has 2 aliphatic carbocycles. The van der Waals surface area contributed by atoms with E-state index in [9.17, 15) is 0 Å². The van der Waals surface area contributed by atoms with Gasteiger partial charge in [-0.3, -0.25) is 4.90 Å². The van der Waals surface area contributed by atoms with Crippen molar-refractivity contribution in [1.82, 2.24) is 9.80 Å². The van der Waals surface area contributed by atoms with Gasteiger partial charge in [-0.15, -0.1) is 0 Å². The van der Waals surface area contributed by atoms with Crippen molar-refractivity contribution in [2.24, 2.45) is 0 Å². The smallest absolute Gasteiger partial charge is 0.0369 e. The van der Waals surface area contributed by atoms with Gasteiger partial charge in [-0.05, 0) is 82.1 Å². The van der Waals surface area contributed by atoms with E-state index in [2.05, 4.69) is 68.3 Å². The maximum Gasteiger partial charge on any atom is 0.0369 e. The number of benzene rings is 1. The lowest BCUT2D eigenvalue weighted by Gasteiger charge is -2.43. The van der Waals surface area contributed by atoms with E-state index >= 15 is 0 Å². The number of allylic oxidation sites excluding steroid dienone is 3. The van der Waals surface area contributed by atoms with E-state index in [4.69, 9.17) is 0 Å². The highest BCUT2D eigenvalue weighted by atomic mass is 15.2. The van der Waals surface area contributed by atoms with E-state index in [1.165, 1.54) is 62.0 Å². The second-order valence-electron chi connectivity index (χ2n) is 8.95. The van der Waals surface area contributed by atoms with Gasteiger partial charge >= 0.3 is 0 Å². The Morgan fingerprint density at radius 3 is 2.46 bits per heavy atom. The maximum absolute atomic E-state index is 4.45. The molecule has 0 radical (unpaired) electrons. The van der Waals surface area contributed by atoms with Crippen molar-refractivity contribution in [3.05, 3.63) is 64.3 Å². The summed E-state index contributed by atoms with van der Waals surface area (Å²) in [4.78, 5) is 5.27. The summed E-state index contributed by atoms with van der Waals surface area (Å²) in [7, 11) is 0. The minimum Gasteiger partial charge on any atom is -0.369 e. The number of aryl methyl sites for hydroxylation is 1. The van der Waals surface area contributed by atoms with Crippen molar-refractivity contribution >= 4 is 5.70 Å². The SMILES string of the molecule is C=C(c1ccc(C)cc1)N(CC)C1CCN(C(C)C2=C(C)C3=C(CC2)C3)CC1. The van der Waals surface area contributed by atoms with Crippen LogP contribution >= 0.6 is 0 Å². The van der Waals surface area contributed by atoms with Gasteiger partial charge in [0.1, 0.15) is 0 Å². The molecule has 150 valence electrons. The molecule has 4 rings (SSSR count). The molecule has 28 heavy (non-hydrogen) atoms. The summed E-state index contributed by atoms with van der Waals surface area (Å²) in [6.07, 6.45) is 6.39. The first-order chi connectivity index (χ1) is 13.5. The van der Waals surface area contributed by atoms with E-state index < -0.39 is 0 Å². The number of piperidine rings is 1. The molecule has 0 saturated carbocycles. The Kier molecular flexibility index (Phi) is 5.51. The van der Waals surface area contributed by atoms with Crippen LogP contribution in [0.25, 0.3) is 5.70 Å². The monoisotopic (exact) mass is 376 g/mol. The van der Waals surface area contributed by atoms with Crippen LogP contribution in [0.3, 0.4) is 0 Å². The molecule has 1 aliphatic heterocycles. The summed E-state index contributed by atoms with van der Waals surface area (Å²) in [5.74, 6) is 0. The molecule has 1 heterocycles. The molecule has 1 unspecified atom stereocenters. The second-order valence-corrected chi connectivity index (χ2v) is 8.95. The minimum atomic E-state index is 0.603. The average Bonchev–Trinajstić information content (AvgIpc) is 3.50. The molecule has 1 fully saturated rings. The number of hydrogen-bond donors (Lipinski definition) is 0. The van der Waals surface area contributed by atoms with Gasteiger partial charge in [0.05, 0.1) is 0 Å². The van der Waals surface area contributed by atoms with Crippen LogP contribution in [0, 0.1) is 6.92 Å². The second kappa shape index (κ2) is 7.91. The predicted octanol–water partition coefficient (Wildman–Crippen LogP) is 5.95. The average molecular weight is 377 g/mol. The molecule has 1 aromatic carbocycles. The zero-order valence-corrected chi connectivity index (χ0v) is 18.2. The van der Waals surface area contributed by atoms with Crippen molar-refractivity contribution < 1.29 is 0 Å². The topological polar surface area (TPSA) is 6.48 Å². The van der Waals surface area contributed by atoms with Crippen LogP contribution < -0.4 is 0 Å². The fourth-order valence-electron chi connectivity index (χ4n) is 5.38. The Bertz CT molecular complexity index is 803. The first-order valence-corrected chi connectivity index (χ1v) is 11.2. The third-order valence-electron chi connectivity index (χ3n) is 7.39. The quantitative estimate of drug-likeness (QED) is 0.605. The number of likely N-dealkylation sites (tertiary alicyclic amines) is 1. The van der Waals surface area contributed by atoms with Gasteiger partial charge < -0.3 is 4.90 Å². The Morgan fingerprint density at radius 2 is 1.82 bits per heavy atom. The lowest BCUT2D eigenvalue weighted by molar-refractivity contribution is 0.129. The summed E-state index contributed by atoms with van der Waals surface area (Å²) >= 11 is 0. The molecular weight excluding hydrogens is 340 g/mol. The van der Waals surface area contributed by atoms with Crippen LogP contribution in [0.2, 0.25) is 0 Å². The Hall–Kier alpha value is -1.80. The van der Waals surface area contributed by atoms with Crippen LogP contribution in [-0.4, -0.2) is 41.5 Å². The molecule has 0 N–H and O–H groups in total. The van der Waals surface area contributed by atoms with Crippen molar-refractivity contribution in [3.63, 3.8) is 0 Å². The molecule has 0 amide bonds. The largest absolute Gasteiger partial charge is 0.369 e. The molecule has 0 aromatic heterocycles. The molecule has 2 heteroatoms. The summed E-state index contributed by atoms with van der Waals surface area (Å²) in [5, 5.41) is 0. The Morgan fingerprint density at radius 1 is 1.14 bits per heavy atom. The Labute approximate surface area is 171 Å². The molecule has 1 aromatic rings. The number of rotatable bonds is 6. The van der Waals surface area contributed by atoms with Crippen LogP contribution in [0.1, 0.15) is 64.0 Å². The molecule has 0 spiro atoms. The van der Waals surface area contributed by atoms with E-state index in [1.807, 2.05) is 0 Å². The fraction of sp³-hybridized carbons (Fsp3) is 0.538. The molecule has 1 atom stereocenters. The first-order valence-electron chi connectivity index (χ1n) is 11.2. The van der Waals surface area contributed by atoms with Crippen LogP contribution in [0.15, 0.2) is 53.1 Å². The highest BCUT2D eigenvalue weighted by Gasteiger charge is 2.33. The zero-order valence-electron chi connectivity index (χ0n) is 18.2. The lowest BCUT2D eigenvalue weighted by atomic mass is 9.90. The van der Waals surface area contributed by atoms with Gasteiger partial charge in [0.25, 0.3) is 0 Å². The van der Waals surface area contributed by atoms with Gasteiger partial charge in [0.2, 0.25) is 0 Å². The van der Waals surface area contributed by atoms with E-state index in [0.29, 0.717) is 12.1 Å². The summed E-state index contributed by atoms with van der Waals surface area (Å²) in [6, 6.07) is 10.0. The molecule has 0 bridgehead atoms. The van der Waals surface area contributed by atoms with E-state index in [-0.39, 0.29) is 0 Å². The highest BCUT2D eigenvalue weighted by Crippen LogP contribution is 2.47. The number of nitrogens with zero attached hydrogens (tertiary/aromatic N) is 2. The highest BCUT2D eigenvalue weighted by molar-refractivity contribution is 5.62.